The number of ether oxygens (including phenoxy) is 1. The van der Waals surface area contributed by atoms with Crippen LogP contribution in [0.15, 0.2) is 40.9 Å². The molecule has 0 spiro atoms. The van der Waals surface area contributed by atoms with Crippen molar-refractivity contribution in [3.63, 3.8) is 0 Å². The zero-order valence-corrected chi connectivity index (χ0v) is 10.6. The molecule has 4 nitrogen and oxygen atoms in total. The Balaban J connectivity index is 2.31. The van der Waals surface area contributed by atoms with E-state index in [4.69, 9.17) is 10.5 Å². The number of nitrogens with two attached hydrogens (primary N) is 1. The fourth-order valence-corrected chi connectivity index (χ4v) is 1.60. The van der Waals surface area contributed by atoms with Gasteiger partial charge >= 0.3 is 0 Å². The molecule has 1 aromatic carbocycles. The number of rotatable bonds is 3. The second-order valence-electron chi connectivity index (χ2n) is 3.40. The van der Waals surface area contributed by atoms with Gasteiger partial charge in [0.2, 0.25) is 5.88 Å². The Labute approximate surface area is 111 Å². The van der Waals surface area contributed by atoms with E-state index in [1.807, 2.05) is 0 Å². The smallest absolute Gasteiger partial charge is 0.267 e. The molecule has 1 aromatic heterocycles. The third-order valence-corrected chi connectivity index (χ3v) is 2.74. The van der Waals surface area contributed by atoms with Crippen molar-refractivity contribution in [3.05, 3.63) is 52.4 Å². The first kappa shape index (κ1) is 12.5. The highest BCUT2D eigenvalue weighted by Gasteiger charge is 2.08. The first-order valence-corrected chi connectivity index (χ1v) is 5.75. The molecule has 2 N–H and O–H groups in total. The van der Waals surface area contributed by atoms with Gasteiger partial charge in [0.1, 0.15) is 17.3 Å². The summed E-state index contributed by atoms with van der Waals surface area (Å²) in [6, 6.07) is 8.62. The lowest BCUT2D eigenvalue weighted by Crippen LogP contribution is -2.12. The summed E-state index contributed by atoms with van der Waals surface area (Å²) in [7, 11) is 0. The summed E-state index contributed by atoms with van der Waals surface area (Å²) in [5.74, 6) is -0.653. The number of amides is 1. The minimum Gasteiger partial charge on any atom is -0.438 e. The van der Waals surface area contributed by atoms with Gasteiger partial charge in [-0.2, -0.15) is 0 Å². The van der Waals surface area contributed by atoms with Gasteiger partial charge in [0, 0.05) is 12.1 Å². The first-order valence-electron chi connectivity index (χ1n) is 4.96. The van der Waals surface area contributed by atoms with Crippen molar-refractivity contribution in [3.8, 4) is 11.6 Å². The maximum Gasteiger partial charge on any atom is 0.267 e. The fraction of sp³-hybridized carbons (Fsp3) is 0. The molecule has 1 amide bonds. The number of carbonyl (C=O) groups is 1. The molecule has 92 valence electrons. The quantitative estimate of drug-likeness (QED) is 0.948. The van der Waals surface area contributed by atoms with Gasteiger partial charge in [0.25, 0.3) is 5.91 Å². The minimum atomic E-state index is -0.654. The van der Waals surface area contributed by atoms with Crippen LogP contribution in [-0.2, 0) is 0 Å². The zero-order valence-electron chi connectivity index (χ0n) is 9.06. The molecular weight excluding hydrogens is 303 g/mol. The average molecular weight is 311 g/mol. The Morgan fingerprint density at radius 1 is 1.33 bits per heavy atom. The van der Waals surface area contributed by atoms with Crippen LogP contribution in [0.3, 0.4) is 0 Å². The molecule has 18 heavy (non-hydrogen) atoms. The Hall–Kier alpha value is -1.95. The Morgan fingerprint density at radius 3 is 2.83 bits per heavy atom. The van der Waals surface area contributed by atoms with Crippen LogP contribution in [0, 0.1) is 5.82 Å². The van der Waals surface area contributed by atoms with E-state index in [0.29, 0.717) is 4.47 Å². The van der Waals surface area contributed by atoms with E-state index in [1.54, 1.807) is 12.1 Å². The topological polar surface area (TPSA) is 65.2 Å². The summed E-state index contributed by atoms with van der Waals surface area (Å²) in [5.41, 5.74) is 5.19. The van der Waals surface area contributed by atoms with Crippen molar-refractivity contribution in [1.82, 2.24) is 4.98 Å². The van der Waals surface area contributed by atoms with E-state index in [2.05, 4.69) is 20.9 Å². The molecule has 1 heterocycles. The van der Waals surface area contributed by atoms with Crippen molar-refractivity contribution in [2.24, 2.45) is 5.73 Å². The zero-order chi connectivity index (χ0) is 13.1. The number of hydrogen-bond donors (Lipinski definition) is 1. The van der Waals surface area contributed by atoms with Crippen molar-refractivity contribution in [2.75, 3.05) is 0 Å². The number of primary amides is 1. The number of benzene rings is 1. The van der Waals surface area contributed by atoms with Crippen LogP contribution in [0.2, 0.25) is 0 Å². The van der Waals surface area contributed by atoms with Gasteiger partial charge in [-0.25, -0.2) is 9.37 Å². The third kappa shape index (κ3) is 2.84. The summed E-state index contributed by atoms with van der Waals surface area (Å²) in [6.07, 6.45) is 0. The number of carbonyl (C=O) groups excluding carboxylic acids is 1. The fourth-order valence-electron chi connectivity index (χ4n) is 1.28. The largest absolute Gasteiger partial charge is 0.438 e. The molecule has 0 unspecified atom stereocenters. The molecule has 0 aliphatic heterocycles. The van der Waals surface area contributed by atoms with Gasteiger partial charge in [0.15, 0.2) is 0 Å². The summed E-state index contributed by atoms with van der Waals surface area (Å²) in [4.78, 5) is 14.9. The average Bonchev–Trinajstić information content (AvgIpc) is 2.34. The van der Waals surface area contributed by atoms with E-state index in [1.165, 1.54) is 24.3 Å². The van der Waals surface area contributed by atoms with E-state index in [0.717, 1.165) is 0 Å². The van der Waals surface area contributed by atoms with Crippen molar-refractivity contribution >= 4 is 21.8 Å². The molecule has 6 heteroatoms. The molecule has 0 aliphatic carbocycles. The van der Waals surface area contributed by atoms with Crippen molar-refractivity contribution in [2.45, 2.75) is 0 Å². The molecule has 0 radical (unpaired) electrons. The number of hydrogen-bond acceptors (Lipinski definition) is 3. The lowest BCUT2D eigenvalue weighted by atomic mass is 10.3. The van der Waals surface area contributed by atoms with Crippen LogP contribution in [0.1, 0.15) is 10.5 Å². The molecule has 0 bridgehead atoms. The Kier molecular flexibility index (Phi) is 3.57. The van der Waals surface area contributed by atoms with E-state index in [9.17, 15) is 9.18 Å². The molecule has 2 aromatic rings. The molecule has 0 saturated heterocycles. The van der Waals surface area contributed by atoms with Gasteiger partial charge < -0.3 is 10.5 Å². The lowest BCUT2D eigenvalue weighted by Gasteiger charge is -2.07. The highest BCUT2D eigenvalue weighted by atomic mass is 79.9. The van der Waals surface area contributed by atoms with E-state index >= 15 is 0 Å². The van der Waals surface area contributed by atoms with Gasteiger partial charge in [-0.3, -0.25) is 4.79 Å². The Morgan fingerprint density at radius 2 is 2.11 bits per heavy atom. The highest BCUT2D eigenvalue weighted by Crippen LogP contribution is 2.29. The van der Waals surface area contributed by atoms with E-state index < -0.39 is 11.7 Å². The second-order valence-corrected chi connectivity index (χ2v) is 4.26. The number of halogens is 2. The molecular formula is C12H8BrFN2O2. The van der Waals surface area contributed by atoms with Gasteiger partial charge in [0.05, 0.1) is 4.47 Å². The van der Waals surface area contributed by atoms with Crippen molar-refractivity contribution < 1.29 is 13.9 Å². The van der Waals surface area contributed by atoms with Crippen molar-refractivity contribution in [1.29, 1.82) is 0 Å². The molecule has 0 saturated carbocycles. The summed E-state index contributed by atoms with van der Waals surface area (Å²) < 4.78 is 19.0. The van der Waals surface area contributed by atoms with Crippen LogP contribution in [0.25, 0.3) is 0 Å². The predicted octanol–water partition coefficient (Wildman–Crippen LogP) is 2.87. The SMILES string of the molecule is NC(=O)c1cccc(Oc2cc(F)ccc2Br)n1. The van der Waals surface area contributed by atoms with Gasteiger partial charge in [-0.15, -0.1) is 0 Å². The second kappa shape index (κ2) is 5.14. The number of aromatic nitrogens is 1. The van der Waals surface area contributed by atoms with Gasteiger partial charge in [-0.1, -0.05) is 6.07 Å². The minimum absolute atomic E-state index is 0.0834. The molecule has 0 fully saturated rings. The normalized spacial score (nSPS) is 10.1. The summed E-state index contributed by atoms with van der Waals surface area (Å²) >= 11 is 3.22. The van der Waals surface area contributed by atoms with Crippen LogP contribution < -0.4 is 10.5 Å². The van der Waals surface area contributed by atoms with Crippen LogP contribution in [-0.4, -0.2) is 10.9 Å². The first-order chi connectivity index (χ1) is 8.56. The highest BCUT2D eigenvalue weighted by molar-refractivity contribution is 9.10. The standard InChI is InChI=1S/C12H8BrFN2O2/c13-8-5-4-7(14)6-10(8)18-11-3-1-2-9(16-11)12(15)17/h1-6H,(H2,15,17). The number of nitrogens with zero attached hydrogens (tertiary/aromatic N) is 1. The Bertz CT molecular complexity index is 604. The lowest BCUT2D eigenvalue weighted by molar-refractivity contribution is 0.0995. The monoisotopic (exact) mass is 310 g/mol. The molecule has 0 atom stereocenters. The van der Waals surface area contributed by atoms with Crippen LogP contribution >= 0.6 is 15.9 Å². The van der Waals surface area contributed by atoms with Crippen LogP contribution in [0.5, 0.6) is 11.6 Å². The molecule has 2 rings (SSSR count). The van der Waals surface area contributed by atoms with E-state index in [-0.39, 0.29) is 17.3 Å². The molecule has 0 aliphatic rings. The van der Waals surface area contributed by atoms with Gasteiger partial charge in [-0.05, 0) is 34.1 Å². The number of pyridine rings is 1. The maximum atomic E-state index is 13.1. The third-order valence-electron chi connectivity index (χ3n) is 2.08. The summed E-state index contributed by atoms with van der Waals surface area (Å²) in [6.45, 7) is 0. The van der Waals surface area contributed by atoms with Crippen LogP contribution in [0.4, 0.5) is 4.39 Å². The predicted molar refractivity (Wildman–Crippen MR) is 66.9 cm³/mol. The maximum absolute atomic E-state index is 13.1. The summed E-state index contributed by atoms with van der Waals surface area (Å²) in [5, 5.41) is 0.